The quantitative estimate of drug-likeness (QED) is 0.608. The van der Waals surface area contributed by atoms with Gasteiger partial charge in [0.2, 0.25) is 6.79 Å². The van der Waals surface area contributed by atoms with Crippen molar-refractivity contribution in [3.05, 3.63) is 47.7 Å². The zero-order chi connectivity index (χ0) is 18.4. The highest BCUT2D eigenvalue weighted by Gasteiger charge is 2.13. The molecule has 3 rings (SSSR count). The van der Waals surface area contributed by atoms with Crippen molar-refractivity contribution in [2.75, 3.05) is 39.4 Å². The minimum atomic E-state index is 0.302. The van der Waals surface area contributed by atoms with Crippen molar-refractivity contribution in [3.63, 3.8) is 0 Å². The average molecular weight is 355 g/mol. The minimum absolute atomic E-state index is 0.302. The third-order valence-electron chi connectivity index (χ3n) is 4.05. The van der Waals surface area contributed by atoms with Crippen molar-refractivity contribution >= 4 is 11.8 Å². The van der Waals surface area contributed by atoms with Crippen molar-refractivity contribution in [2.45, 2.75) is 13.0 Å². The van der Waals surface area contributed by atoms with Crippen LogP contribution in [-0.4, -0.2) is 45.4 Å². The standard InChI is InChI=1S/C19H25N5O2/c1-20-19(22-12-15-5-4-6-18(23-15)24(2)3)21-10-9-14-7-8-16-17(11-14)26-13-25-16/h4-8,11H,9-10,12-13H2,1-3H3,(H2,20,21,22). The molecule has 0 saturated heterocycles. The van der Waals surface area contributed by atoms with Gasteiger partial charge in [-0.05, 0) is 36.2 Å². The van der Waals surface area contributed by atoms with Crippen molar-refractivity contribution in [1.82, 2.24) is 15.6 Å². The SMILES string of the molecule is CN=C(NCCc1ccc2c(c1)OCO2)NCc1cccc(N(C)C)n1. The summed E-state index contributed by atoms with van der Waals surface area (Å²) in [5.74, 6) is 3.32. The number of hydrogen-bond donors (Lipinski definition) is 2. The summed E-state index contributed by atoms with van der Waals surface area (Å²) in [5.41, 5.74) is 2.16. The molecule has 2 heterocycles. The predicted molar refractivity (Wildman–Crippen MR) is 103 cm³/mol. The summed E-state index contributed by atoms with van der Waals surface area (Å²) in [4.78, 5) is 10.8. The van der Waals surface area contributed by atoms with Crippen LogP contribution in [-0.2, 0) is 13.0 Å². The second kappa shape index (κ2) is 8.42. The highest BCUT2D eigenvalue weighted by Crippen LogP contribution is 2.32. The van der Waals surface area contributed by atoms with Gasteiger partial charge in [-0.3, -0.25) is 4.99 Å². The third kappa shape index (κ3) is 4.56. The van der Waals surface area contributed by atoms with Crippen molar-refractivity contribution in [1.29, 1.82) is 0 Å². The number of pyridine rings is 1. The highest BCUT2D eigenvalue weighted by atomic mass is 16.7. The molecule has 1 aromatic carbocycles. The fourth-order valence-electron chi connectivity index (χ4n) is 2.63. The van der Waals surface area contributed by atoms with Gasteiger partial charge in [0, 0.05) is 27.7 Å². The molecule has 0 bridgehead atoms. The molecule has 0 aliphatic carbocycles. The number of benzene rings is 1. The molecular formula is C19H25N5O2. The molecular weight excluding hydrogens is 330 g/mol. The Hall–Kier alpha value is -2.96. The van der Waals surface area contributed by atoms with Gasteiger partial charge in [0.1, 0.15) is 5.82 Å². The van der Waals surface area contributed by atoms with E-state index in [4.69, 9.17) is 9.47 Å². The van der Waals surface area contributed by atoms with E-state index in [-0.39, 0.29) is 0 Å². The van der Waals surface area contributed by atoms with Crippen molar-refractivity contribution < 1.29 is 9.47 Å². The van der Waals surface area contributed by atoms with Gasteiger partial charge in [-0.2, -0.15) is 0 Å². The van der Waals surface area contributed by atoms with E-state index in [1.807, 2.05) is 49.3 Å². The fraction of sp³-hybridized carbons (Fsp3) is 0.368. The summed E-state index contributed by atoms with van der Waals surface area (Å²) < 4.78 is 10.7. The smallest absolute Gasteiger partial charge is 0.231 e. The van der Waals surface area contributed by atoms with Gasteiger partial charge in [0.25, 0.3) is 0 Å². The number of guanidine groups is 1. The number of aromatic nitrogens is 1. The molecule has 0 spiro atoms. The number of nitrogens with zero attached hydrogens (tertiary/aromatic N) is 3. The van der Waals surface area contributed by atoms with E-state index in [2.05, 4.69) is 26.7 Å². The third-order valence-corrected chi connectivity index (χ3v) is 4.05. The summed E-state index contributed by atoms with van der Waals surface area (Å²) >= 11 is 0. The van der Waals surface area contributed by atoms with Gasteiger partial charge in [-0.1, -0.05) is 12.1 Å². The first-order valence-corrected chi connectivity index (χ1v) is 8.62. The molecule has 1 aliphatic heterocycles. The molecule has 2 aromatic rings. The molecule has 0 atom stereocenters. The van der Waals surface area contributed by atoms with Gasteiger partial charge in [0.05, 0.1) is 12.2 Å². The Morgan fingerprint density at radius 1 is 1.15 bits per heavy atom. The molecule has 0 amide bonds. The normalized spacial score (nSPS) is 12.8. The van der Waals surface area contributed by atoms with Crippen LogP contribution in [0.4, 0.5) is 5.82 Å². The molecule has 0 radical (unpaired) electrons. The zero-order valence-electron chi connectivity index (χ0n) is 15.5. The summed E-state index contributed by atoms with van der Waals surface area (Å²) in [6.07, 6.45) is 0.867. The van der Waals surface area contributed by atoms with Gasteiger partial charge >= 0.3 is 0 Å². The van der Waals surface area contributed by atoms with Gasteiger partial charge in [0.15, 0.2) is 17.5 Å². The van der Waals surface area contributed by atoms with E-state index in [0.717, 1.165) is 41.9 Å². The van der Waals surface area contributed by atoms with E-state index in [9.17, 15) is 0 Å². The number of hydrogen-bond acceptors (Lipinski definition) is 5. The van der Waals surface area contributed by atoms with Crippen LogP contribution in [0, 0.1) is 0 Å². The Morgan fingerprint density at radius 2 is 2.00 bits per heavy atom. The zero-order valence-corrected chi connectivity index (χ0v) is 15.5. The van der Waals surface area contributed by atoms with Gasteiger partial charge in [-0.25, -0.2) is 4.98 Å². The topological polar surface area (TPSA) is 71.0 Å². The maximum absolute atomic E-state index is 5.41. The van der Waals surface area contributed by atoms with Crippen LogP contribution < -0.4 is 25.0 Å². The van der Waals surface area contributed by atoms with E-state index in [0.29, 0.717) is 13.3 Å². The Morgan fingerprint density at radius 3 is 2.81 bits per heavy atom. The first kappa shape index (κ1) is 17.8. The number of rotatable bonds is 6. The maximum atomic E-state index is 5.41. The van der Waals surface area contributed by atoms with Crippen molar-refractivity contribution in [3.8, 4) is 11.5 Å². The first-order chi connectivity index (χ1) is 12.7. The van der Waals surface area contributed by atoms with Crippen LogP contribution in [0.15, 0.2) is 41.4 Å². The van der Waals surface area contributed by atoms with E-state index in [1.165, 1.54) is 5.56 Å². The summed E-state index contributed by atoms with van der Waals surface area (Å²) in [7, 11) is 5.73. The predicted octanol–water partition coefficient (Wildman–Crippen LogP) is 1.78. The van der Waals surface area contributed by atoms with Crippen molar-refractivity contribution in [2.24, 2.45) is 4.99 Å². The van der Waals surface area contributed by atoms with Gasteiger partial charge < -0.3 is 25.0 Å². The lowest BCUT2D eigenvalue weighted by Gasteiger charge is -2.14. The van der Waals surface area contributed by atoms with E-state index >= 15 is 0 Å². The second-order valence-electron chi connectivity index (χ2n) is 6.17. The molecule has 1 aliphatic rings. The molecule has 26 heavy (non-hydrogen) atoms. The fourth-order valence-corrected chi connectivity index (χ4v) is 2.63. The minimum Gasteiger partial charge on any atom is -0.454 e. The Bertz CT molecular complexity index is 776. The maximum Gasteiger partial charge on any atom is 0.231 e. The molecule has 0 fully saturated rings. The lowest BCUT2D eigenvalue weighted by atomic mass is 10.1. The number of nitrogens with one attached hydrogen (secondary N) is 2. The van der Waals surface area contributed by atoms with Crippen LogP contribution in [0.3, 0.4) is 0 Å². The molecule has 1 aromatic heterocycles. The summed E-state index contributed by atoms with van der Waals surface area (Å²) in [5, 5.41) is 6.61. The monoisotopic (exact) mass is 355 g/mol. The average Bonchev–Trinajstić information content (AvgIpc) is 3.12. The van der Waals surface area contributed by atoms with Crippen LogP contribution in [0.5, 0.6) is 11.5 Å². The van der Waals surface area contributed by atoms with E-state index < -0.39 is 0 Å². The highest BCUT2D eigenvalue weighted by molar-refractivity contribution is 5.79. The molecule has 2 N–H and O–H groups in total. The number of aliphatic imine (C=N–C) groups is 1. The molecule has 0 saturated carbocycles. The molecule has 138 valence electrons. The number of anilines is 1. The van der Waals surface area contributed by atoms with Gasteiger partial charge in [-0.15, -0.1) is 0 Å². The molecule has 7 heteroatoms. The number of ether oxygens (including phenoxy) is 2. The van der Waals surface area contributed by atoms with Crippen LogP contribution in [0.1, 0.15) is 11.3 Å². The Kier molecular flexibility index (Phi) is 5.78. The number of fused-ring (bicyclic) bond motifs is 1. The van der Waals surface area contributed by atoms with Crippen LogP contribution in [0.2, 0.25) is 0 Å². The van der Waals surface area contributed by atoms with Crippen LogP contribution >= 0.6 is 0 Å². The molecule has 7 nitrogen and oxygen atoms in total. The van der Waals surface area contributed by atoms with Crippen LogP contribution in [0.25, 0.3) is 0 Å². The lowest BCUT2D eigenvalue weighted by molar-refractivity contribution is 0.174. The molecule has 0 unspecified atom stereocenters. The second-order valence-corrected chi connectivity index (χ2v) is 6.17. The van der Waals surface area contributed by atoms with E-state index in [1.54, 1.807) is 7.05 Å². The first-order valence-electron chi connectivity index (χ1n) is 8.62. The largest absolute Gasteiger partial charge is 0.454 e. The summed E-state index contributed by atoms with van der Waals surface area (Å²) in [6, 6.07) is 12.0. The summed E-state index contributed by atoms with van der Waals surface area (Å²) in [6.45, 7) is 1.69. The lowest BCUT2D eigenvalue weighted by Crippen LogP contribution is -2.38. The Balaban J connectivity index is 1.47. The Labute approximate surface area is 154 Å².